The lowest BCUT2D eigenvalue weighted by atomic mass is 9.95. The van der Waals surface area contributed by atoms with Crippen molar-refractivity contribution in [2.24, 2.45) is 0 Å². The number of halogens is 4. The Morgan fingerprint density at radius 3 is 2.04 bits per heavy atom. The lowest BCUT2D eigenvalue weighted by Crippen LogP contribution is -2.33. The first kappa shape index (κ1) is 17.9. The van der Waals surface area contributed by atoms with E-state index in [9.17, 15) is 17.6 Å². The van der Waals surface area contributed by atoms with Crippen molar-refractivity contribution < 1.29 is 17.6 Å². The summed E-state index contributed by atoms with van der Waals surface area (Å²) in [5.74, 6) is -0.326. The number of rotatable bonds is 3. The van der Waals surface area contributed by atoms with Crippen molar-refractivity contribution >= 4 is 0 Å². The molecule has 0 spiro atoms. The molecule has 0 amide bonds. The van der Waals surface area contributed by atoms with E-state index in [4.69, 9.17) is 0 Å². The topological polar surface area (TPSA) is 15.3 Å². The number of nitrogens with zero attached hydrogens (tertiary/aromatic N) is 1. The highest BCUT2D eigenvalue weighted by Crippen LogP contribution is 2.33. The Morgan fingerprint density at radius 1 is 0.840 bits per heavy atom. The van der Waals surface area contributed by atoms with E-state index in [0.717, 1.165) is 55.9 Å². The van der Waals surface area contributed by atoms with Gasteiger partial charge in [-0.05, 0) is 48.4 Å². The normalized spacial score (nSPS) is 17.9. The smallest absolute Gasteiger partial charge is 0.315 e. The minimum atomic E-state index is -4.35. The summed E-state index contributed by atoms with van der Waals surface area (Å²) < 4.78 is 51.8. The van der Waals surface area contributed by atoms with Gasteiger partial charge in [0.2, 0.25) is 0 Å². The molecule has 0 radical (unpaired) electrons. The summed E-state index contributed by atoms with van der Waals surface area (Å²) in [4.78, 5) is 2.23. The van der Waals surface area contributed by atoms with Gasteiger partial charge < -0.3 is 5.32 Å². The highest BCUT2D eigenvalue weighted by Gasteiger charge is 2.31. The molecule has 0 bridgehead atoms. The molecule has 1 aliphatic rings. The van der Waals surface area contributed by atoms with Crippen molar-refractivity contribution in [1.82, 2.24) is 10.2 Å². The van der Waals surface area contributed by atoms with Crippen LogP contribution in [0.25, 0.3) is 0 Å². The van der Waals surface area contributed by atoms with Crippen LogP contribution < -0.4 is 5.32 Å². The summed E-state index contributed by atoms with van der Waals surface area (Å²) in [6, 6.07) is 11.3. The zero-order valence-corrected chi connectivity index (χ0v) is 13.7. The molecule has 0 unspecified atom stereocenters. The molecule has 6 heteroatoms. The monoisotopic (exact) mass is 352 g/mol. The average Bonchev–Trinajstić information content (AvgIpc) is 2.86. The molecule has 1 atom stereocenters. The summed E-state index contributed by atoms with van der Waals surface area (Å²) in [6.45, 7) is 3.34. The van der Waals surface area contributed by atoms with E-state index in [1.807, 2.05) is 0 Å². The number of benzene rings is 2. The quantitative estimate of drug-likeness (QED) is 0.832. The molecule has 1 aliphatic heterocycles. The Morgan fingerprint density at radius 2 is 1.44 bits per heavy atom. The van der Waals surface area contributed by atoms with E-state index in [1.165, 1.54) is 24.3 Å². The number of hydrogen-bond donors (Lipinski definition) is 1. The third-order valence-corrected chi connectivity index (χ3v) is 4.48. The van der Waals surface area contributed by atoms with Crippen LogP contribution in [0, 0.1) is 5.82 Å². The van der Waals surface area contributed by atoms with Crippen LogP contribution in [-0.2, 0) is 6.18 Å². The fourth-order valence-electron chi connectivity index (χ4n) is 3.24. The maximum Gasteiger partial charge on any atom is 0.416 e. The van der Waals surface area contributed by atoms with E-state index in [0.29, 0.717) is 0 Å². The van der Waals surface area contributed by atoms with Gasteiger partial charge in [-0.15, -0.1) is 0 Å². The van der Waals surface area contributed by atoms with Gasteiger partial charge in [0.15, 0.2) is 0 Å². The first-order valence-electron chi connectivity index (χ1n) is 8.32. The molecule has 3 rings (SSSR count). The fraction of sp³-hybridized carbons (Fsp3) is 0.368. The molecule has 1 heterocycles. The van der Waals surface area contributed by atoms with Crippen LogP contribution in [0.2, 0.25) is 0 Å². The molecule has 0 saturated carbocycles. The zero-order valence-electron chi connectivity index (χ0n) is 13.7. The van der Waals surface area contributed by atoms with Gasteiger partial charge in [-0.1, -0.05) is 24.3 Å². The maximum atomic E-state index is 13.3. The number of nitrogens with one attached hydrogen (secondary N) is 1. The Balaban J connectivity index is 1.96. The van der Waals surface area contributed by atoms with Gasteiger partial charge in [0, 0.05) is 19.6 Å². The Bertz CT molecular complexity index is 672. The molecular weight excluding hydrogens is 332 g/mol. The van der Waals surface area contributed by atoms with Gasteiger partial charge in [0.25, 0.3) is 0 Å². The highest BCUT2D eigenvalue weighted by atomic mass is 19.4. The highest BCUT2D eigenvalue weighted by molar-refractivity contribution is 5.34. The van der Waals surface area contributed by atoms with Crippen LogP contribution in [-0.4, -0.2) is 31.1 Å². The van der Waals surface area contributed by atoms with E-state index in [1.54, 1.807) is 12.1 Å². The Kier molecular flexibility index (Phi) is 5.39. The van der Waals surface area contributed by atoms with E-state index >= 15 is 0 Å². The molecule has 2 nitrogen and oxygen atoms in total. The lowest BCUT2D eigenvalue weighted by Gasteiger charge is -2.31. The predicted molar refractivity (Wildman–Crippen MR) is 88.7 cm³/mol. The summed E-state index contributed by atoms with van der Waals surface area (Å²) in [7, 11) is 0. The zero-order chi connectivity index (χ0) is 17.9. The second-order valence-electron chi connectivity index (χ2n) is 6.21. The molecule has 2 aromatic rings. The summed E-state index contributed by atoms with van der Waals surface area (Å²) in [6.07, 6.45) is -3.39. The van der Waals surface area contributed by atoms with Crippen LogP contribution in [0.1, 0.15) is 29.2 Å². The standard InChI is InChI=1S/C19H20F4N2/c20-17-8-4-15(5-9-17)18(25-12-1-10-24-11-13-25)14-2-6-16(7-3-14)19(21,22)23/h2-9,18,24H,1,10-13H2/t18-/m1/s1. The van der Waals surface area contributed by atoms with E-state index in [2.05, 4.69) is 10.2 Å². The van der Waals surface area contributed by atoms with Crippen molar-refractivity contribution in [2.45, 2.75) is 18.6 Å². The third kappa shape index (κ3) is 4.38. The van der Waals surface area contributed by atoms with E-state index in [-0.39, 0.29) is 11.9 Å². The van der Waals surface area contributed by atoms with Gasteiger partial charge in [-0.25, -0.2) is 4.39 Å². The molecular formula is C19H20F4N2. The van der Waals surface area contributed by atoms with Gasteiger partial charge in [-0.2, -0.15) is 13.2 Å². The predicted octanol–water partition coefficient (Wildman–Crippen LogP) is 4.23. The largest absolute Gasteiger partial charge is 0.416 e. The molecule has 1 saturated heterocycles. The SMILES string of the molecule is Fc1ccc([C@@H](c2ccc(C(F)(F)F)cc2)N2CCCNCC2)cc1. The van der Waals surface area contributed by atoms with Crippen LogP contribution in [0.3, 0.4) is 0 Å². The third-order valence-electron chi connectivity index (χ3n) is 4.48. The number of hydrogen-bond acceptors (Lipinski definition) is 2. The van der Waals surface area contributed by atoms with Gasteiger partial charge in [0.05, 0.1) is 11.6 Å². The van der Waals surface area contributed by atoms with Crippen molar-refractivity contribution in [2.75, 3.05) is 26.2 Å². The Labute approximate surface area is 144 Å². The molecule has 1 N–H and O–H groups in total. The minimum absolute atomic E-state index is 0.192. The van der Waals surface area contributed by atoms with Gasteiger partial charge in [0.1, 0.15) is 5.82 Å². The molecule has 0 aliphatic carbocycles. The van der Waals surface area contributed by atoms with Gasteiger partial charge >= 0.3 is 6.18 Å². The van der Waals surface area contributed by atoms with Gasteiger partial charge in [-0.3, -0.25) is 4.90 Å². The fourth-order valence-corrected chi connectivity index (χ4v) is 3.24. The molecule has 25 heavy (non-hydrogen) atoms. The van der Waals surface area contributed by atoms with Crippen molar-refractivity contribution in [3.05, 3.63) is 71.0 Å². The minimum Gasteiger partial charge on any atom is -0.315 e. The summed E-state index contributed by atoms with van der Waals surface area (Å²) in [5, 5.41) is 3.32. The molecule has 0 aromatic heterocycles. The molecule has 1 fully saturated rings. The first-order chi connectivity index (χ1) is 11.9. The second kappa shape index (κ2) is 7.54. The van der Waals surface area contributed by atoms with E-state index < -0.39 is 11.7 Å². The van der Waals surface area contributed by atoms with Crippen LogP contribution >= 0.6 is 0 Å². The molecule has 134 valence electrons. The first-order valence-corrected chi connectivity index (χ1v) is 8.32. The van der Waals surface area contributed by atoms with Crippen LogP contribution in [0.5, 0.6) is 0 Å². The summed E-state index contributed by atoms with van der Waals surface area (Å²) in [5.41, 5.74) is 0.996. The maximum absolute atomic E-state index is 13.3. The van der Waals surface area contributed by atoms with Crippen molar-refractivity contribution in [3.8, 4) is 0 Å². The van der Waals surface area contributed by atoms with Crippen LogP contribution in [0.4, 0.5) is 17.6 Å². The lowest BCUT2D eigenvalue weighted by molar-refractivity contribution is -0.137. The van der Waals surface area contributed by atoms with Crippen molar-refractivity contribution in [3.63, 3.8) is 0 Å². The Hall–Kier alpha value is -1.92. The summed E-state index contributed by atoms with van der Waals surface area (Å²) >= 11 is 0. The second-order valence-corrected chi connectivity index (χ2v) is 6.21. The van der Waals surface area contributed by atoms with Crippen molar-refractivity contribution in [1.29, 1.82) is 0 Å². The molecule has 2 aromatic carbocycles. The number of alkyl halides is 3. The average molecular weight is 352 g/mol. The van der Waals surface area contributed by atoms with Crippen LogP contribution in [0.15, 0.2) is 48.5 Å².